The number of hydrogen-bond donors (Lipinski definition) is 1. The molecular weight excluding hydrogens is 376 g/mol. The number of nitrogens with one attached hydrogen (secondary N) is 1. The number of hydrogen-bond acceptors (Lipinski definition) is 7. The van der Waals surface area contributed by atoms with E-state index in [1.807, 2.05) is 6.26 Å². The molecule has 2 heterocycles. The predicted molar refractivity (Wildman–Crippen MR) is 102 cm³/mol. The minimum atomic E-state index is -0.447. The second-order valence-corrected chi connectivity index (χ2v) is 7.09. The first kappa shape index (κ1) is 18.4. The van der Waals surface area contributed by atoms with Crippen LogP contribution in [0.5, 0.6) is 0 Å². The zero-order valence-electron chi connectivity index (χ0n) is 14.4. The Morgan fingerprint density at radius 3 is 2.81 bits per heavy atom. The molecule has 0 unspecified atom stereocenters. The molecule has 3 aromatic rings. The van der Waals surface area contributed by atoms with Crippen LogP contribution in [-0.2, 0) is 6.54 Å². The number of non-ortho nitro benzene ring substituents is 1. The third-order valence-corrected chi connectivity index (χ3v) is 4.77. The summed E-state index contributed by atoms with van der Waals surface area (Å²) in [4.78, 5) is 19.5. The van der Waals surface area contributed by atoms with Crippen molar-refractivity contribution in [3.8, 4) is 0 Å². The van der Waals surface area contributed by atoms with Crippen molar-refractivity contribution in [2.45, 2.75) is 31.5 Å². The van der Waals surface area contributed by atoms with Gasteiger partial charge in [0.1, 0.15) is 0 Å². The Morgan fingerprint density at radius 2 is 2.15 bits per heavy atom. The van der Waals surface area contributed by atoms with Crippen LogP contribution < -0.4 is 5.32 Å². The zero-order chi connectivity index (χ0) is 18.8. The van der Waals surface area contributed by atoms with Crippen LogP contribution in [0.3, 0.4) is 0 Å². The van der Waals surface area contributed by atoms with Crippen LogP contribution in [0.4, 0.5) is 11.6 Å². The molecule has 8 nitrogen and oxygen atoms in total. The van der Waals surface area contributed by atoms with E-state index in [1.165, 1.54) is 30.0 Å². The van der Waals surface area contributed by atoms with Crippen molar-refractivity contribution in [2.24, 2.45) is 0 Å². The van der Waals surface area contributed by atoms with E-state index in [-0.39, 0.29) is 18.2 Å². The van der Waals surface area contributed by atoms with Crippen LogP contribution in [0.2, 0.25) is 5.02 Å². The molecule has 0 aliphatic rings. The van der Waals surface area contributed by atoms with Gasteiger partial charge in [0.05, 0.1) is 11.1 Å². The fourth-order valence-corrected chi connectivity index (χ4v) is 3.01. The van der Waals surface area contributed by atoms with E-state index < -0.39 is 4.92 Å². The monoisotopic (exact) mass is 392 g/mol. The van der Waals surface area contributed by atoms with Crippen molar-refractivity contribution in [1.82, 2.24) is 19.6 Å². The number of nitro benzene ring substituents is 1. The van der Waals surface area contributed by atoms with E-state index in [0.29, 0.717) is 21.7 Å². The van der Waals surface area contributed by atoms with Crippen LogP contribution in [-0.4, -0.2) is 30.8 Å². The molecule has 3 rings (SSSR count). The summed E-state index contributed by atoms with van der Waals surface area (Å²) in [6, 6.07) is 4.35. The van der Waals surface area contributed by atoms with Gasteiger partial charge in [-0.15, -0.1) is 0 Å². The van der Waals surface area contributed by atoms with Gasteiger partial charge >= 0.3 is 0 Å². The molecule has 0 fully saturated rings. The van der Waals surface area contributed by atoms with E-state index in [1.54, 1.807) is 10.7 Å². The molecule has 1 aromatic carbocycles. The summed E-state index contributed by atoms with van der Waals surface area (Å²) in [6.45, 7) is 4.43. The summed E-state index contributed by atoms with van der Waals surface area (Å²) >= 11 is 7.60. The number of rotatable bonds is 6. The number of fused-ring (bicyclic) bond motifs is 1. The second kappa shape index (κ2) is 7.46. The molecule has 10 heteroatoms. The summed E-state index contributed by atoms with van der Waals surface area (Å²) in [5, 5.41) is 19.6. The van der Waals surface area contributed by atoms with Crippen molar-refractivity contribution in [3.05, 3.63) is 50.7 Å². The fourth-order valence-electron chi connectivity index (χ4n) is 2.47. The molecule has 0 atom stereocenters. The smallest absolute Gasteiger partial charge is 0.269 e. The highest BCUT2D eigenvalue weighted by Crippen LogP contribution is 2.25. The molecule has 0 aliphatic heterocycles. The molecule has 0 saturated heterocycles. The summed E-state index contributed by atoms with van der Waals surface area (Å²) in [6.07, 6.45) is 3.68. The number of nitrogens with zero attached hydrogens (tertiary/aromatic N) is 5. The maximum Gasteiger partial charge on any atom is 0.269 e. The Kier molecular flexibility index (Phi) is 5.28. The molecule has 0 radical (unpaired) electrons. The Balaban J connectivity index is 1.96. The largest absolute Gasteiger partial charge is 0.350 e. The fraction of sp³-hybridized carbons (Fsp3) is 0.312. The van der Waals surface area contributed by atoms with Gasteiger partial charge in [0.25, 0.3) is 5.69 Å². The van der Waals surface area contributed by atoms with Crippen LogP contribution in [0.1, 0.15) is 30.9 Å². The Hall–Kier alpha value is -2.39. The Morgan fingerprint density at radius 1 is 1.38 bits per heavy atom. The van der Waals surface area contributed by atoms with Crippen LogP contribution in [0.15, 0.2) is 29.6 Å². The van der Waals surface area contributed by atoms with Gasteiger partial charge in [-0.3, -0.25) is 10.1 Å². The van der Waals surface area contributed by atoms with Gasteiger partial charge in [-0.2, -0.15) is 14.6 Å². The molecule has 0 saturated carbocycles. The minimum absolute atomic E-state index is 0.00924. The quantitative estimate of drug-likeness (QED) is 0.382. The van der Waals surface area contributed by atoms with E-state index in [2.05, 4.69) is 34.2 Å². The van der Waals surface area contributed by atoms with Gasteiger partial charge in [0.2, 0.25) is 5.95 Å². The molecule has 136 valence electrons. The zero-order valence-corrected chi connectivity index (χ0v) is 16.0. The summed E-state index contributed by atoms with van der Waals surface area (Å²) in [7, 11) is 0. The molecule has 1 N–H and O–H groups in total. The highest BCUT2D eigenvalue weighted by atomic mass is 35.5. The predicted octanol–water partition coefficient (Wildman–Crippen LogP) is 4.14. The van der Waals surface area contributed by atoms with E-state index >= 15 is 0 Å². The van der Waals surface area contributed by atoms with E-state index in [9.17, 15) is 10.1 Å². The number of halogens is 1. The Labute approximate surface area is 159 Å². The lowest BCUT2D eigenvalue weighted by Crippen LogP contribution is -2.10. The van der Waals surface area contributed by atoms with Gasteiger partial charge in [-0.1, -0.05) is 37.2 Å². The van der Waals surface area contributed by atoms with Gasteiger partial charge in [0.15, 0.2) is 10.8 Å². The molecule has 0 bridgehead atoms. The molecule has 26 heavy (non-hydrogen) atoms. The topological polar surface area (TPSA) is 98.2 Å². The molecular formula is C16H17ClN6O2S. The molecule has 0 aliphatic carbocycles. The minimum Gasteiger partial charge on any atom is -0.350 e. The van der Waals surface area contributed by atoms with Crippen LogP contribution in [0.25, 0.3) is 5.65 Å². The van der Waals surface area contributed by atoms with Crippen molar-refractivity contribution < 1.29 is 4.92 Å². The average Bonchev–Trinajstić information content (AvgIpc) is 3.04. The Bertz CT molecular complexity index is 975. The summed E-state index contributed by atoms with van der Waals surface area (Å²) < 4.78 is 1.64. The number of thioether (sulfide) groups is 1. The first-order valence-electron chi connectivity index (χ1n) is 7.87. The number of anilines is 1. The number of nitro groups is 1. The SMILES string of the molecule is CSc1nc(NCc2cc([N+](=O)[O-])ccc2Cl)n2ncc(C(C)C)c2n1. The highest BCUT2D eigenvalue weighted by Gasteiger charge is 2.16. The van der Waals surface area contributed by atoms with Gasteiger partial charge in [-0.25, -0.2) is 4.98 Å². The normalized spacial score (nSPS) is 11.3. The summed E-state index contributed by atoms with van der Waals surface area (Å²) in [5.41, 5.74) is 2.37. The van der Waals surface area contributed by atoms with Crippen molar-refractivity contribution >= 4 is 40.6 Å². The lowest BCUT2D eigenvalue weighted by molar-refractivity contribution is -0.384. The maximum atomic E-state index is 11.0. The van der Waals surface area contributed by atoms with Gasteiger partial charge < -0.3 is 5.32 Å². The summed E-state index contributed by atoms with van der Waals surface area (Å²) in [5.74, 6) is 0.782. The first-order valence-corrected chi connectivity index (χ1v) is 9.47. The van der Waals surface area contributed by atoms with Crippen LogP contribution >= 0.6 is 23.4 Å². The number of aromatic nitrogens is 4. The molecule has 0 spiro atoms. The lowest BCUT2D eigenvalue weighted by atomic mass is 10.1. The average molecular weight is 393 g/mol. The molecule has 0 amide bonds. The van der Waals surface area contributed by atoms with E-state index in [4.69, 9.17) is 11.6 Å². The van der Waals surface area contributed by atoms with Crippen molar-refractivity contribution in [2.75, 3.05) is 11.6 Å². The van der Waals surface area contributed by atoms with Gasteiger partial charge in [0, 0.05) is 29.3 Å². The molecule has 2 aromatic heterocycles. The van der Waals surface area contributed by atoms with Crippen molar-refractivity contribution in [1.29, 1.82) is 0 Å². The third-order valence-electron chi connectivity index (χ3n) is 3.86. The van der Waals surface area contributed by atoms with Crippen molar-refractivity contribution in [3.63, 3.8) is 0 Å². The van der Waals surface area contributed by atoms with Crippen LogP contribution in [0, 0.1) is 10.1 Å². The first-order chi connectivity index (χ1) is 12.4. The lowest BCUT2D eigenvalue weighted by Gasteiger charge is -2.10. The standard InChI is InChI=1S/C16H17ClN6O2S/c1-9(2)12-8-19-22-14(12)20-16(26-3)21-15(22)18-7-10-6-11(23(24)25)4-5-13(10)17/h4-6,8-9H,7H2,1-3H3,(H,18,20,21). The second-order valence-electron chi connectivity index (χ2n) is 5.91. The highest BCUT2D eigenvalue weighted by molar-refractivity contribution is 7.98. The number of benzene rings is 1. The van der Waals surface area contributed by atoms with E-state index in [0.717, 1.165) is 11.2 Å². The maximum absolute atomic E-state index is 11.0. The third kappa shape index (κ3) is 3.58. The van der Waals surface area contributed by atoms with Gasteiger partial charge in [-0.05, 0) is 23.8 Å².